The molecular formula is C19H15N5O2. The smallest absolute Gasteiger partial charge is 0.335 e. The molecule has 0 aliphatic heterocycles. The molecule has 2 aromatic heterocycles. The van der Waals surface area contributed by atoms with Crippen LogP contribution in [0.1, 0.15) is 15.9 Å². The Kier molecular flexibility index (Phi) is 3.81. The lowest BCUT2D eigenvalue weighted by atomic mass is 10.2. The van der Waals surface area contributed by atoms with Crippen LogP contribution in [0.15, 0.2) is 61.1 Å². The number of carboxylic acid groups (broad SMARTS) is 1. The fourth-order valence-electron chi connectivity index (χ4n) is 2.65. The van der Waals surface area contributed by atoms with Crippen molar-refractivity contribution in [3.05, 3.63) is 72.2 Å². The molecule has 0 aliphatic rings. The first-order valence-corrected chi connectivity index (χ1v) is 7.98. The van der Waals surface area contributed by atoms with E-state index in [1.807, 2.05) is 31.2 Å². The molecule has 0 amide bonds. The molecule has 2 N–H and O–H groups in total. The molecule has 0 fully saturated rings. The summed E-state index contributed by atoms with van der Waals surface area (Å²) in [5, 5.41) is 17.4. The van der Waals surface area contributed by atoms with Gasteiger partial charge < -0.3 is 10.4 Å². The van der Waals surface area contributed by atoms with E-state index in [0.717, 1.165) is 16.8 Å². The first-order valence-electron chi connectivity index (χ1n) is 7.98. The summed E-state index contributed by atoms with van der Waals surface area (Å²) in [5.41, 5.74) is 3.75. The maximum absolute atomic E-state index is 11.0. The monoisotopic (exact) mass is 345 g/mol. The van der Waals surface area contributed by atoms with Gasteiger partial charge in [-0.25, -0.2) is 19.4 Å². The van der Waals surface area contributed by atoms with E-state index in [1.165, 1.54) is 11.9 Å². The van der Waals surface area contributed by atoms with Gasteiger partial charge in [-0.05, 0) is 43.3 Å². The average Bonchev–Trinajstić information content (AvgIpc) is 3.08. The summed E-state index contributed by atoms with van der Waals surface area (Å²) in [7, 11) is 0. The highest BCUT2D eigenvalue weighted by Gasteiger charge is 2.11. The van der Waals surface area contributed by atoms with Crippen LogP contribution >= 0.6 is 0 Å². The Bertz CT molecular complexity index is 1090. The number of hydrogen-bond donors (Lipinski definition) is 2. The molecule has 2 aromatic carbocycles. The van der Waals surface area contributed by atoms with Crippen molar-refractivity contribution in [3.63, 3.8) is 0 Å². The van der Waals surface area contributed by atoms with E-state index in [1.54, 1.807) is 35.1 Å². The second-order valence-electron chi connectivity index (χ2n) is 5.86. The van der Waals surface area contributed by atoms with Crippen LogP contribution in [0, 0.1) is 6.92 Å². The zero-order valence-corrected chi connectivity index (χ0v) is 13.9. The summed E-state index contributed by atoms with van der Waals surface area (Å²) in [6.45, 7) is 2.03. The number of anilines is 2. The van der Waals surface area contributed by atoms with Gasteiger partial charge in [0.25, 0.3) is 0 Å². The molecule has 2 heterocycles. The van der Waals surface area contributed by atoms with Gasteiger partial charge in [-0.1, -0.05) is 17.7 Å². The van der Waals surface area contributed by atoms with Crippen molar-refractivity contribution in [1.82, 2.24) is 19.7 Å². The Morgan fingerprint density at radius 3 is 2.46 bits per heavy atom. The standard InChI is InChI=1S/C19H15N5O2/c1-12-2-8-15(9-3-12)24-18-16(10-22-24)17(20-11-21-18)23-14-6-4-13(5-7-14)19(25)26/h2-11H,1H3,(H,25,26)(H,20,21,23). The summed E-state index contributed by atoms with van der Waals surface area (Å²) >= 11 is 0. The summed E-state index contributed by atoms with van der Waals surface area (Å²) in [6.07, 6.45) is 3.19. The number of nitrogens with zero attached hydrogens (tertiary/aromatic N) is 4. The molecule has 128 valence electrons. The van der Waals surface area contributed by atoms with Crippen LogP contribution in [0.25, 0.3) is 16.7 Å². The third-order valence-electron chi connectivity index (χ3n) is 4.04. The van der Waals surface area contributed by atoms with E-state index in [-0.39, 0.29) is 5.56 Å². The number of carbonyl (C=O) groups is 1. The first-order chi connectivity index (χ1) is 12.6. The van der Waals surface area contributed by atoms with E-state index < -0.39 is 5.97 Å². The van der Waals surface area contributed by atoms with Gasteiger partial charge in [-0.3, -0.25) is 0 Å². The van der Waals surface area contributed by atoms with Crippen molar-refractivity contribution in [3.8, 4) is 5.69 Å². The van der Waals surface area contributed by atoms with Gasteiger partial charge in [-0.15, -0.1) is 0 Å². The third-order valence-corrected chi connectivity index (χ3v) is 4.04. The Hall–Kier alpha value is -3.74. The summed E-state index contributed by atoms with van der Waals surface area (Å²) in [5.74, 6) is -0.350. The molecule has 0 radical (unpaired) electrons. The molecule has 0 spiro atoms. The van der Waals surface area contributed by atoms with Crippen molar-refractivity contribution in [2.75, 3.05) is 5.32 Å². The highest BCUT2D eigenvalue weighted by molar-refractivity contribution is 5.90. The fourth-order valence-corrected chi connectivity index (χ4v) is 2.65. The minimum atomic E-state index is -0.958. The molecule has 0 saturated heterocycles. The lowest BCUT2D eigenvalue weighted by molar-refractivity contribution is 0.0697. The molecule has 4 rings (SSSR count). The van der Waals surface area contributed by atoms with Crippen molar-refractivity contribution < 1.29 is 9.90 Å². The number of aromatic carboxylic acids is 1. The van der Waals surface area contributed by atoms with Gasteiger partial charge in [0.15, 0.2) is 5.65 Å². The Labute approximate surface area is 149 Å². The van der Waals surface area contributed by atoms with Gasteiger partial charge in [0.1, 0.15) is 12.1 Å². The zero-order valence-electron chi connectivity index (χ0n) is 13.9. The fraction of sp³-hybridized carbons (Fsp3) is 0.0526. The van der Waals surface area contributed by atoms with Crippen LogP contribution in [0.5, 0.6) is 0 Å². The Balaban J connectivity index is 1.70. The average molecular weight is 345 g/mol. The van der Waals surface area contributed by atoms with E-state index >= 15 is 0 Å². The van der Waals surface area contributed by atoms with Crippen LogP contribution in [0.4, 0.5) is 11.5 Å². The normalized spacial score (nSPS) is 10.8. The maximum atomic E-state index is 11.0. The first kappa shape index (κ1) is 15.8. The van der Waals surface area contributed by atoms with Gasteiger partial charge in [0.2, 0.25) is 0 Å². The number of carboxylic acids is 1. The minimum Gasteiger partial charge on any atom is -0.478 e. The van der Waals surface area contributed by atoms with Crippen molar-refractivity contribution >= 4 is 28.5 Å². The van der Waals surface area contributed by atoms with Gasteiger partial charge in [0.05, 0.1) is 22.8 Å². The second-order valence-corrected chi connectivity index (χ2v) is 5.86. The molecular weight excluding hydrogens is 330 g/mol. The van der Waals surface area contributed by atoms with Crippen LogP contribution in [-0.4, -0.2) is 30.8 Å². The summed E-state index contributed by atoms with van der Waals surface area (Å²) in [4.78, 5) is 19.6. The van der Waals surface area contributed by atoms with Gasteiger partial charge in [-0.2, -0.15) is 5.10 Å². The molecule has 0 atom stereocenters. The molecule has 0 bridgehead atoms. The van der Waals surface area contributed by atoms with E-state index in [9.17, 15) is 4.79 Å². The Morgan fingerprint density at radius 2 is 1.77 bits per heavy atom. The summed E-state index contributed by atoms with van der Waals surface area (Å²) in [6, 6.07) is 14.5. The predicted molar refractivity (Wildman–Crippen MR) is 98.1 cm³/mol. The highest BCUT2D eigenvalue weighted by atomic mass is 16.4. The summed E-state index contributed by atoms with van der Waals surface area (Å²) < 4.78 is 1.76. The van der Waals surface area contributed by atoms with E-state index in [2.05, 4.69) is 20.4 Å². The van der Waals surface area contributed by atoms with E-state index in [0.29, 0.717) is 11.5 Å². The second kappa shape index (κ2) is 6.29. The lowest BCUT2D eigenvalue weighted by Gasteiger charge is -2.07. The SMILES string of the molecule is Cc1ccc(-n2ncc3c(Nc4ccc(C(=O)O)cc4)ncnc32)cc1. The van der Waals surface area contributed by atoms with Crippen molar-refractivity contribution in [2.24, 2.45) is 0 Å². The predicted octanol–water partition coefficient (Wildman–Crippen LogP) is 3.57. The van der Waals surface area contributed by atoms with Crippen LogP contribution in [0.2, 0.25) is 0 Å². The molecule has 0 aliphatic carbocycles. The Morgan fingerprint density at radius 1 is 1.04 bits per heavy atom. The zero-order chi connectivity index (χ0) is 18.1. The van der Waals surface area contributed by atoms with Crippen LogP contribution in [-0.2, 0) is 0 Å². The molecule has 7 nitrogen and oxygen atoms in total. The van der Waals surface area contributed by atoms with Crippen molar-refractivity contribution in [2.45, 2.75) is 6.92 Å². The molecule has 7 heteroatoms. The number of fused-ring (bicyclic) bond motifs is 1. The van der Waals surface area contributed by atoms with Crippen LogP contribution in [0.3, 0.4) is 0 Å². The molecule has 4 aromatic rings. The van der Waals surface area contributed by atoms with Crippen LogP contribution < -0.4 is 5.32 Å². The number of nitrogens with one attached hydrogen (secondary N) is 1. The van der Waals surface area contributed by atoms with E-state index in [4.69, 9.17) is 5.11 Å². The highest BCUT2D eigenvalue weighted by Crippen LogP contribution is 2.24. The third kappa shape index (κ3) is 2.86. The molecule has 0 saturated carbocycles. The number of aromatic nitrogens is 4. The minimum absolute atomic E-state index is 0.232. The maximum Gasteiger partial charge on any atom is 0.335 e. The van der Waals surface area contributed by atoms with Gasteiger partial charge in [0, 0.05) is 5.69 Å². The number of benzene rings is 2. The largest absolute Gasteiger partial charge is 0.478 e. The molecule has 0 unspecified atom stereocenters. The van der Waals surface area contributed by atoms with Crippen molar-refractivity contribution in [1.29, 1.82) is 0 Å². The lowest BCUT2D eigenvalue weighted by Crippen LogP contribution is -2.00. The number of aryl methyl sites for hydroxylation is 1. The number of hydrogen-bond acceptors (Lipinski definition) is 5. The molecule has 26 heavy (non-hydrogen) atoms. The quantitative estimate of drug-likeness (QED) is 0.587. The topological polar surface area (TPSA) is 92.9 Å². The number of rotatable bonds is 4. The van der Waals surface area contributed by atoms with Gasteiger partial charge >= 0.3 is 5.97 Å².